The van der Waals surface area contributed by atoms with Crippen molar-refractivity contribution in [2.24, 2.45) is 0 Å². The van der Waals surface area contributed by atoms with Crippen molar-refractivity contribution >= 4 is 46.6 Å². The van der Waals surface area contributed by atoms with Crippen molar-refractivity contribution in [2.75, 3.05) is 18.5 Å². The molecule has 3 aliphatic rings. The highest BCUT2D eigenvalue weighted by Crippen LogP contribution is 2.32. The molecule has 0 aromatic carbocycles. The number of nitrogens with zero attached hydrogens (tertiary/aromatic N) is 3. The average molecular weight is 493 g/mol. The maximum Gasteiger partial charge on any atom is 0.261 e. The third-order valence-electron chi connectivity index (χ3n) is 6.25. The van der Waals surface area contributed by atoms with Crippen LogP contribution in [0.2, 0.25) is 0 Å². The van der Waals surface area contributed by atoms with Crippen LogP contribution in [0.1, 0.15) is 47.3 Å². The Hall–Kier alpha value is -3.57. The van der Waals surface area contributed by atoms with Gasteiger partial charge < -0.3 is 15.4 Å². The molecule has 1 atom stereocenters. The molecule has 3 fully saturated rings. The van der Waals surface area contributed by atoms with Crippen molar-refractivity contribution in [3.63, 3.8) is 0 Å². The van der Waals surface area contributed by atoms with Crippen LogP contribution in [0, 0.1) is 0 Å². The van der Waals surface area contributed by atoms with Crippen LogP contribution < -0.4 is 16.0 Å². The highest BCUT2D eigenvalue weighted by molar-refractivity contribution is 7.17. The van der Waals surface area contributed by atoms with Gasteiger partial charge in [0.25, 0.3) is 11.8 Å². The smallest absolute Gasteiger partial charge is 0.261 e. The fourth-order valence-corrected chi connectivity index (χ4v) is 5.14. The van der Waals surface area contributed by atoms with E-state index in [2.05, 4.69) is 21.0 Å². The standard InChI is InChI=1S/C24H24N6O4S/c31-21-9-13(23(32)29-21)8-14-11-26-30-20(27-15-3-4-15)10-17(28-22(14)30)18-5-6-19(35-18)24(33)25-12-16-2-1-7-34-16/h5-6,8,10-11,15-16,27H,1-4,7,9,12H2,(H,25,33)(H,29,31,32)/b13-8+/t16-/m1/s1. The summed E-state index contributed by atoms with van der Waals surface area (Å²) in [6, 6.07) is 6.02. The predicted octanol–water partition coefficient (Wildman–Crippen LogP) is 2.37. The molecule has 3 aromatic rings. The molecule has 0 unspecified atom stereocenters. The van der Waals surface area contributed by atoms with E-state index in [-0.39, 0.29) is 24.3 Å². The Balaban J connectivity index is 1.31. The Morgan fingerprint density at radius 3 is 2.91 bits per heavy atom. The van der Waals surface area contributed by atoms with Crippen LogP contribution >= 0.6 is 11.3 Å². The minimum Gasteiger partial charge on any atom is -0.376 e. The molecule has 10 nitrogen and oxygen atoms in total. The van der Waals surface area contributed by atoms with E-state index in [0.29, 0.717) is 39.9 Å². The Morgan fingerprint density at radius 2 is 2.17 bits per heavy atom. The first-order valence-corrected chi connectivity index (χ1v) is 12.6. The van der Waals surface area contributed by atoms with Crippen LogP contribution in [0.4, 0.5) is 5.82 Å². The number of ether oxygens (including phenoxy) is 1. The van der Waals surface area contributed by atoms with Gasteiger partial charge in [0, 0.05) is 36.4 Å². The zero-order valence-corrected chi connectivity index (χ0v) is 19.7. The van der Waals surface area contributed by atoms with Gasteiger partial charge >= 0.3 is 0 Å². The summed E-state index contributed by atoms with van der Waals surface area (Å²) in [4.78, 5) is 42.6. The molecule has 35 heavy (non-hydrogen) atoms. The van der Waals surface area contributed by atoms with Crippen LogP contribution in [0.5, 0.6) is 0 Å². The molecule has 0 bridgehead atoms. The molecule has 3 amide bonds. The van der Waals surface area contributed by atoms with Gasteiger partial charge in [-0.3, -0.25) is 19.7 Å². The first kappa shape index (κ1) is 21.9. The quantitative estimate of drug-likeness (QED) is 0.341. The first-order chi connectivity index (χ1) is 17.0. The lowest BCUT2D eigenvalue weighted by atomic mass is 10.1. The number of hydrogen-bond donors (Lipinski definition) is 3. The van der Waals surface area contributed by atoms with Gasteiger partial charge in [0.15, 0.2) is 5.65 Å². The Morgan fingerprint density at radius 1 is 1.29 bits per heavy atom. The van der Waals surface area contributed by atoms with Gasteiger partial charge in [-0.1, -0.05) is 0 Å². The second kappa shape index (κ2) is 8.90. The maximum absolute atomic E-state index is 12.7. The summed E-state index contributed by atoms with van der Waals surface area (Å²) >= 11 is 1.37. The van der Waals surface area contributed by atoms with E-state index in [1.165, 1.54) is 11.3 Å². The van der Waals surface area contributed by atoms with Gasteiger partial charge in [0.2, 0.25) is 5.91 Å². The van der Waals surface area contributed by atoms with Crippen molar-refractivity contribution in [1.82, 2.24) is 25.2 Å². The molecule has 3 N–H and O–H groups in total. The largest absolute Gasteiger partial charge is 0.376 e. The molecule has 180 valence electrons. The Kier molecular flexibility index (Phi) is 5.57. The highest BCUT2D eigenvalue weighted by atomic mass is 32.1. The number of carbonyl (C=O) groups is 3. The summed E-state index contributed by atoms with van der Waals surface area (Å²) in [7, 11) is 0. The van der Waals surface area contributed by atoms with Crippen LogP contribution in [-0.4, -0.2) is 57.6 Å². The van der Waals surface area contributed by atoms with E-state index in [1.807, 2.05) is 12.1 Å². The molecule has 5 heterocycles. The molecule has 2 aliphatic heterocycles. The zero-order valence-electron chi connectivity index (χ0n) is 18.9. The lowest BCUT2D eigenvalue weighted by Crippen LogP contribution is -2.31. The molecule has 3 aromatic heterocycles. The number of imide groups is 1. The van der Waals surface area contributed by atoms with Crippen molar-refractivity contribution in [3.05, 3.63) is 40.4 Å². The van der Waals surface area contributed by atoms with Crippen LogP contribution in [0.15, 0.2) is 30.0 Å². The van der Waals surface area contributed by atoms with E-state index < -0.39 is 5.91 Å². The van der Waals surface area contributed by atoms with Gasteiger partial charge in [-0.25, -0.2) is 4.98 Å². The second-order valence-corrected chi connectivity index (χ2v) is 10.1. The fraction of sp³-hybridized carbons (Fsp3) is 0.375. The first-order valence-electron chi connectivity index (χ1n) is 11.7. The summed E-state index contributed by atoms with van der Waals surface area (Å²) in [6.07, 6.45) is 7.62. The van der Waals surface area contributed by atoms with E-state index >= 15 is 0 Å². The van der Waals surface area contributed by atoms with E-state index in [1.54, 1.807) is 22.9 Å². The molecule has 0 radical (unpaired) electrons. The van der Waals surface area contributed by atoms with Crippen LogP contribution in [0.3, 0.4) is 0 Å². The lowest BCUT2D eigenvalue weighted by Gasteiger charge is -2.10. The average Bonchev–Trinajstić information content (AvgIpc) is 3.28. The molecular weight excluding hydrogens is 468 g/mol. The molecule has 11 heteroatoms. The third kappa shape index (κ3) is 4.56. The molecule has 6 rings (SSSR count). The van der Waals surface area contributed by atoms with Crippen LogP contribution in [-0.2, 0) is 14.3 Å². The summed E-state index contributed by atoms with van der Waals surface area (Å²) < 4.78 is 7.30. The van der Waals surface area contributed by atoms with Gasteiger partial charge in [0.05, 0.1) is 34.2 Å². The normalized spacial score (nSPS) is 21.1. The number of rotatable bonds is 7. The number of carbonyl (C=O) groups excluding carboxylic acids is 3. The summed E-state index contributed by atoms with van der Waals surface area (Å²) in [5.41, 5.74) is 2.31. The van der Waals surface area contributed by atoms with Gasteiger partial charge in [-0.05, 0) is 43.9 Å². The van der Waals surface area contributed by atoms with Gasteiger partial charge in [0.1, 0.15) is 5.82 Å². The number of thiophene rings is 1. The van der Waals surface area contributed by atoms with Crippen LogP contribution in [0.25, 0.3) is 22.3 Å². The van der Waals surface area contributed by atoms with Crippen molar-refractivity contribution in [1.29, 1.82) is 0 Å². The number of hydrogen-bond acceptors (Lipinski definition) is 8. The molecule has 1 saturated carbocycles. The fourth-order valence-electron chi connectivity index (χ4n) is 4.25. The van der Waals surface area contributed by atoms with E-state index in [9.17, 15) is 14.4 Å². The monoisotopic (exact) mass is 492 g/mol. The maximum atomic E-state index is 12.7. The van der Waals surface area contributed by atoms with E-state index in [4.69, 9.17) is 9.72 Å². The van der Waals surface area contributed by atoms with Gasteiger partial charge in [-0.2, -0.15) is 9.61 Å². The number of amides is 3. The number of nitrogens with one attached hydrogen (secondary N) is 3. The highest BCUT2D eigenvalue weighted by Gasteiger charge is 2.26. The zero-order chi connectivity index (χ0) is 23.9. The third-order valence-corrected chi connectivity index (χ3v) is 7.36. The summed E-state index contributed by atoms with van der Waals surface area (Å²) in [5.74, 6) is -0.0344. The molecule has 0 spiro atoms. The topological polar surface area (TPSA) is 127 Å². The molecular formula is C24H24N6O4S. The Bertz CT molecular complexity index is 1370. The summed E-state index contributed by atoms with van der Waals surface area (Å²) in [6.45, 7) is 1.26. The number of fused-ring (bicyclic) bond motifs is 1. The summed E-state index contributed by atoms with van der Waals surface area (Å²) in [5, 5.41) is 13.2. The Labute approximate surface area is 204 Å². The number of aromatic nitrogens is 3. The second-order valence-electron chi connectivity index (χ2n) is 9.01. The van der Waals surface area contributed by atoms with Crippen molar-refractivity contribution < 1.29 is 19.1 Å². The molecule has 1 aliphatic carbocycles. The predicted molar refractivity (Wildman–Crippen MR) is 130 cm³/mol. The SMILES string of the molecule is O=C1C/C(=C\c2cnn3c(NC4CC4)cc(-c4ccc(C(=O)NC[C@H]5CCCO5)s4)nc23)C(=O)N1. The van der Waals surface area contributed by atoms with Gasteiger partial charge in [-0.15, -0.1) is 11.3 Å². The van der Waals surface area contributed by atoms with Crippen molar-refractivity contribution in [2.45, 2.75) is 44.2 Å². The molecule has 2 saturated heterocycles. The van der Waals surface area contributed by atoms with Crippen molar-refractivity contribution in [3.8, 4) is 10.6 Å². The lowest BCUT2D eigenvalue weighted by molar-refractivity contribution is -0.124. The van der Waals surface area contributed by atoms with E-state index in [0.717, 1.165) is 43.0 Å². The number of anilines is 1. The minimum atomic E-state index is -0.390. The minimum absolute atomic E-state index is 0.0400.